The van der Waals surface area contributed by atoms with E-state index in [-0.39, 0.29) is 11.1 Å². The van der Waals surface area contributed by atoms with E-state index in [1.165, 1.54) is 0 Å². The van der Waals surface area contributed by atoms with Crippen molar-refractivity contribution in [1.82, 2.24) is 4.90 Å². The topological polar surface area (TPSA) is 21.7 Å². The monoisotopic (exact) mass is 229 g/mol. The van der Waals surface area contributed by atoms with Crippen molar-refractivity contribution in [3.05, 3.63) is 0 Å². The van der Waals surface area contributed by atoms with Crippen molar-refractivity contribution in [2.75, 3.05) is 33.4 Å². The Balaban J connectivity index is 2.67. The lowest BCUT2D eigenvalue weighted by Gasteiger charge is -2.46. The summed E-state index contributed by atoms with van der Waals surface area (Å²) >= 11 is 0. The van der Waals surface area contributed by atoms with E-state index in [9.17, 15) is 0 Å². The van der Waals surface area contributed by atoms with Crippen LogP contribution in [0.2, 0.25) is 0 Å². The minimum absolute atomic E-state index is 0.0525. The van der Waals surface area contributed by atoms with Gasteiger partial charge in [0.2, 0.25) is 0 Å². The van der Waals surface area contributed by atoms with Gasteiger partial charge in [0.05, 0.1) is 18.8 Å². The summed E-state index contributed by atoms with van der Waals surface area (Å²) in [5, 5.41) is 0. The number of hydrogen-bond acceptors (Lipinski definition) is 3. The van der Waals surface area contributed by atoms with E-state index in [0.717, 1.165) is 39.1 Å². The van der Waals surface area contributed by atoms with E-state index in [0.29, 0.717) is 0 Å². The van der Waals surface area contributed by atoms with Crippen LogP contribution in [0.25, 0.3) is 0 Å². The molecule has 0 aromatic heterocycles. The van der Waals surface area contributed by atoms with Crippen molar-refractivity contribution >= 4 is 0 Å². The first kappa shape index (κ1) is 13.9. The third-order valence-electron chi connectivity index (χ3n) is 3.90. The number of nitrogens with zero attached hydrogens (tertiary/aromatic N) is 1. The fraction of sp³-hybridized carbons (Fsp3) is 1.00. The third-order valence-corrected chi connectivity index (χ3v) is 3.90. The first-order chi connectivity index (χ1) is 7.43. The molecule has 0 N–H and O–H groups in total. The summed E-state index contributed by atoms with van der Waals surface area (Å²) in [6, 6.07) is 0. The average Bonchev–Trinajstić information content (AvgIpc) is 2.29. The number of ether oxygens (including phenoxy) is 2. The van der Waals surface area contributed by atoms with Crippen LogP contribution in [0.4, 0.5) is 0 Å². The molecule has 0 bridgehead atoms. The van der Waals surface area contributed by atoms with Crippen LogP contribution in [0, 0.1) is 0 Å². The molecule has 0 spiro atoms. The van der Waals surface area contributed by atoms with Gasteiger partial charge < -0.3 is 9.47 Å². The van der Waals surface area contributed by atoms with Crippen molar-refractivity contribution in [3.8, 4) is 0 Å². The van der Waals surface area contributed by atoms with Crippen LogP contribution >= 0.6 is 0 Å². The molecular formula is C13H27NO2. The summed E-state index contributed by atoms with van der Waals surface area (Å²) in [6.07, 6.45) is 2.22. The van der Waals surface area contributed by atoms with Gasteiger partial charge >= 0.3 is 0 Å². The molecule has 96 valence electrons. The molecule has 16 heavy (non-hydrogen) atoms. The number of hydrogen-bond donors (Lipinski definition) is 0. The molecule has 0 amide bonds. The molecule has 1 unspecified atom stereocenters. The summed E-state index contributed by atoms with van der Waals surface area (Å²) < 4.78 is 11.0. The van der Waals surface area contributed by atoms with Crippen LogP contribution in [-0.2, 0) is 9.47 Å². The van der Waals surface area contributed by atoms with Crippen LogP contribution in [0.5, 0.6) is 0 Å². The minimum atomic E-state index is -0.0525. The molecule has 3 heteroatoms. The Morgan fingerprint density at radius 1 is 1.19 bits per heavy atom. The lowest BCUT2D eigenvalue weighted by Crippen LogP contribution is -2.54. The molecule has 1 heterocycles. The normalized spacial score (nSPS) is 23.1. The van der Waals surface area contributed by atoms with Crippen LogP contribution < -0.4 is 0 Å². The summed E-state index contributed by atoms with van der Waals surface area (Å²) in [5.74, 6) is 0. The zero-order valence-electron chi connectivity index (χ0n) is 11.5. The highest BCUT2D eigenvalue weighted by Gasteiger charge is 2.36. The number of methoxy groups -OCH3 is 1. The Hall–Kier alpha value is -0.120. The van der Waals surface area contributed by atoms with Gasteiger partial charge in [0, 0.05) is 25.7 Å². The second kappa shape index (κ2) is 5.48. The minimum Gasteiger partial charge on any atom is -0.379 e. The third kappa shape index (κ3) is 3.44. The molecule has 1 aliphatic rings. The highest BCUT2D eigenvalue weighted by Crippen LogP contribution is 2.31. The molecule has 1 rings (SSSR count). The maximum Gasteiger partial charge on any atom is 0.0640 e. The first-order valence-electron chi connectivity index (χ1n) is 6.31. The Labute approximate surface area is 100 Å². The summed E-state index contributed by atoms with van der Waals surface area (Å²) in [4.78, 5) is 2.55. The second-order valence-corrected chi connectivity index (χ2v) is 5.59. The van der Waals surface area contributed by atoms with Gasteiger partial charge in [0.1, 0.15) is 0 Å². The van der Waals surface area contributed by atoms with Crippen LogP contribution in [0.15, 0.2) is 0 Å². The number of morpholine rings is 1. The molecule has 1 saturated heterocycles. The predicted molar refractivity (Wildman–Crippen MR) is 66.8 cm³/mol. The molecule has 0 radical (unpaired) electrons. The van der Waals surface area contributed by atoms with Crippen molar-refractivity contribution < 1.29 is 9.47 Å². The van der Waals surface area contributed by atoms with Gasteiger partial charge in [-0.05, 0) is 33.6 Å². The number of rotatable bonds is 5. The quantitative estimate of drug-likeness (QED) is 0.722. The maximum atomic E-state index is 5.57. The second-order valence-electron chi connectivity index (χ2n) is 5.59. The SMILES string of the molecule is CCC(C)(CC(C)(C)OC)N1CCOCC1. The first-order valence-corrected chi connectivity index (χ1v) is 6.31. The Bertz CT molecular complexity index is 212. The van der Waals surface area contributed by atoms with E-state index in [2.05, 4.69) is 32.6 Å². The molecule has 0 aromatic rings. The molecule has 1 atom stereocenters. The standard InChI is InChI=1S/C13H27NO2/c1-6-13(4,11-12(2,3)15-5)14-7-9-16-10-8-14/h6-11H2,1-5H3. The predicted octanol–water partition coefficient (Wildman–Crippen LogP) is 2.30. The van der Waals surface area contributed by atoms with Crippen LogP contribution in [0.3, 0.4) is 0 Å². The molecular weight excluding hydrogens is 202 g/mol. The van der Waals surface area contributed by atoms with Crippen molar-refractivity contribution in [3.63, 3.8) is 0 Å². The fourth-order valence-corrected chi connectivity index (χ4v) is 2.55. The average molecular weight is 229 g/mol. The smallest absolute Gasteiger partial charge is 0.0640 e. The van der Waals surface area contributed by atoms with E-state index in [1.54, 1.807) is 7.11 Å². The van der Waals surface area contributed by atoms with Gasteiger partial charge in [-0.3, -0.25) is 4.90 Å². The van der Waals surface area contributed by atoms with Crippen molar-refractivity contribution in [1.29, 1.82) is 0 Å². The molecule has 0 saturated carbocycles. The molecule has 3 nitrogen and oxygen atoms in total. The zero-order valence-corrected chi connectivity index (χ0v) is 11.5. The van der Waals surface area contributed by atoms with Gasteiger partial charge in [-0.25, -0.2) is 0 Å². The van der Waals surface area contributed by atoms with Crippen LogP contribution in [0.1, 0.15) is 40.5 Å². The summed E-state index contributed by atoms with van der Waals surface area (Å²) in [6.45, 7) is 12.8. The molecule has 0 aromatic carbocycles. The van der Waals surface area contributed by atoms with Gasteiger partial charge in [0.25, 0.3) is 0 Å². The van der Waals surface area contributed by atoms with E-state index < -0.39 is 0 Å². The maximum absolute atomic E-state index is 5.57. The summed E-state index contributed by atoms with van der Waals surface area (Å²) in [7, 11) is 1.80. The fourth-order valence-electron chi connectivity index (χ4n) is 2.55. The van der Waals surface area contributed by atoms with E-state index in [4.69, 9.17) is 9.47 Å². The largest absolute Gasteiger partial charge is 0.379 e. The Morgan fingerprint density at radius 2 is 1.75 bits per heavy atom. The van der Waals surface area contributed by atoms with Gasteiger partial charge in [-0.1, -0.05) is 6.92 Å². The zero-order chi connectivity index (χ0) is 12.2. The van der Waals surface area contributed by atoms with Crippen LogP contribution in [-0.4, -0.2) is 49.5 Å². The lowest BCUT2D eigenvalue weighted by molar-refractivity contribution is -0.0673. The van der Waals surface area contributed by atoms with Gasteiger partial charge in [0.15, 0.2) is 0 Å². The van der Waals surface area contributed by atoms with E-state index in [1.807, 2.05) is 0 Å². The highest BCUT2D eigenvalue weighted by molar-refractivity contribution is 4.91. The summed E-state index contributed by atoms with van der Waals surface area (Å²) in [5.41, 5.74) is 0.173. The van der Waals surface area contributed by atoms with Crippen molar-refractivity contribution in [2.24, 2.45) is 0 Å². The van der Waals surface area contributed by atoms with E-state index >= 15 is 0 Å². The Morgan fingerprint density at radius 3 is 2.19 bits per heavy atom. The highest BCUT2D eigenvalue weighted by atomic mass is 16.5. The molecule has 1 fully saturated rings. The van der Waals surface area contributed by atoms with Gasteiger partial charge in [-0.15, -0.1) is 0 Å². The molecule has 1 aliphatic heterocycles. The van der Waals surface area contributed by atoms with Gasteiger partial charge in [-0.2, -0.15) is 0 Å². The lowest BCUT2D eigenvalue weighted by atomic mass is 9.84. The Kier molecular flexibility index (Phi) is 4.77. The molecule has 0 aliphatic carbocycles. The van der Waals surface area contributed by atoms with Crippen molar-refractivity contribution in [2.45, 2.75) is 51.7 Å².